The van der Waals surface area contributed by atoms with Crippen LogP contribution in [0.15, 0.2) is 74.4 Å². The molecule has 1 saturated carbocycles. The summed E-state index contributed by atoms with van der Waals surface area (Å²) in [5.41, 5.74) is 4.33. The standard InChI is InChI=1S/C35H37NO7/c1-5-41-29-13-11-21(17-30(29)40-4)22-15-26-33(27(37)16-22)32(25-18-42-28-12-10-19(2)14-24(28)34(25)38)31(20(3)36-26)35(39)43-23-8-6-7-9-23/h10-14,17-18,22-23,32,36H,5-9,15-16H2,1-4H3/t22-,32+/m0/s1. The first-order chi connectivity index (χ1) is 20.8. The highest BCUT2D eigenvalue weighted by atomic mass is 16.5. The third-order valence-corrected chi connectivity index (χ3v) is 8.85. The van der Waals surface area contributed by atoms with Crippen LogP contribution in [0.2, 0.25) is 0 Å². The predicted octanol–water partition coefficient (Wildman–Crippen LogP) is 6.36. The lowest BCUT2D eigenvalue weighted by molar-refractivity contribution is -0.144. The average molecular weight is 584 g/mol. The third-order valence-electron chi connectivity index (χ3n) is 8.85. The number of dihydropyridines is 1. The quantitative estimate of drug-likeness (QED) is 0.321. The van der Waals surface area contributed by atoms with E-state index in [4.69, 9.17) is 18.6 Å². The highest BCUT2D eigenvalue weighted by Gasteiger charge is 2.43. The summed E-state index contributed by atoms with van der Waals surface area (Å²) < 4.78 is 23.1. The van der Waals surface area contributed by atoms with E-state index in [9.17, 15) is 14.4 Å². The fourth-order valence-corrected chi connectivity index (χ4v) is 6.75. The summed E-state index contributed by atoms with van der Waals surface area (Å²) in [7, 11) is 1.60. The number of ether oxygens (including phenoxy) is 3. The van der Waals surface area contributed by atoms with Gasteiger partial charge in [0.05, 0.1) is 36.9 Å². The summed E-state index contributed by atoms with van der Waals surface area (Å²) in [5.74, 6) is -0.385. The number of carbonyl (C=O) groups excluding carboxylic acids is 2. The van der Waals surface area contributed by atoms with Gasteiger partial charge >= 0.3 is 5.97 Å². The van der Waals surface area contributed by atoms with Crippen LogP contribution in [0, 0.1) is 6.92 Å². The Labute approximate surface area is 250 Å². The van der Waals surface area contributed by atoms with Gasteiger partial charge in [-0.25, -0.2) is 4.79 Å². The molecule has 1 fully saturated rings. The molecule has 1 aromatic heterocycles. The second-order valence-electron chi connectivity index (χ2n) is 11.7. The van der Waals surface area contributed by atoms with E-state index in [-0.39, 0.29) is 35.2 Å². The molecular weight excluding hydrogens is 546 g/mol. The van der Waals surface area contributed by atoms with Gasteiger partial charge in [0.15, 0.2) is 22.7 Å². The van der Waals surface area contributed by atoms with Crippen molar-refractivity contribution in [1.29, 1.82) is 0 Å². The van der Waals surface area contributed by atoms with E-state index in [1.165, 1.54) is 6.26 Å². The van der Waals surface area contributed by atoms with Crippen LogP contribution in [-0.2, 0) is 14.3 Å². The number of carbonyl (C=O) groups is 2. The van der Waals surface area contributed by atoms with Crippen molar-refractivity contribution in [3.05, 3.63) is 92.1 Å². The number of ketones is 1. The monoisotopic (exact) mass is 583 g/mol. The van der Waals surface area contributed by atoms with E-state index in [2.05, 4.69) is 5.32 Å². The van der Waals surface area contributed by atoms with Gasteiger partial charge < -0.3 is 23.9 Å². The average Bonchev–Trinajstić information content (AvgIpc) is 3.50. The van der Waals surface area contributed by atoms with E-state index in [1.54, 1.807) is 19.2 Å². The molecule has 6 rings (SSSR count). The first kappa shape index (κ1) is 28.8. The molecule has 43 heavy (non-hydrogen) atoms. The van der Waals surface area contributed by atoms with Gasteiger partial charge in [0.25, 0.3) is 0 Å². The molecule has 1 N–H and O–H groups in total. The Hall–Kier alpha value is -4.33. The van der Waals surface area contributed by atoms with E-state index in [1.807, 2.05) is 45.0 Å². The van der Waals surface area contributed by atoms with Gasteiger partial charge in [0, 0.05) is 29.0 Å². The largest absolute Gasteiger partial charge is 0.493 e. The molecule has 8 heteroatoms. The topological polar surface area (TPSA) is 104 Å². The number of methoxy groups -OCH3 is 1. The summed E-state index contributed by atoms with van der Waals surface area (Å²) in [6.45, 7) is 6.14. The number of aryl methyl sites for hydroxylation is 1. The SMILES string of the molecule is CCOc1ccc([C@@H]2CC(=O)C3=C(C2)NC(C)=C(C(=O)OC2CCCC2)[C@H]3c2coc3ccc(C)cc3c2=O)cc1OC. The van der Waals surface area contributed by atoms with E-state index in [0.717, 1.165) is 36.8 Å². The highest BCUT2D eigenvalue weighted by molar-refractivity contribution is 6.04. The Bertz CT molecular complexity index is 1720. The molecule has 3 aliphatic rings. The number of esters is 1. The number of allylic oxidation sites excluding steroid dienone is 3. The highest BCUT2D eigenvalue weighted by Crippen LogP contribution is 2.46. The number of nitrogens with one attached hydrogen (secondary N) is 1. The molecule has 0 radical (unpaired) electrons. The normalized spacial score (nSPS) is 20.7. The van der Waals surface area contributed by atoms with Gasteiger partial charge in [-0.2, -0.15) is 0 Å². The van der Waals surface area contributed by atoms with Gasteiger partial charge in [0.1, 0.15) is 11.7 Å². The number of fused-ring (bicyclic) bond motifs is 1. The smallest absolute Gasteiger partial charge is 0.337 e. The lowest BCUT2D eigenvalue weighted by Crippen LogP contribution is -2.38. The van der Waals surface area contributed by atoms with Crippen LogP contribution in [0.4, 0.5) is 0 Å². The van der Waals surface area contributed by atoms with Gasteiger partial charge in [-0.05, 0) is 88.6 Å². The van der Waals surface area contributed by atoms with Crippen LogP contribution in [0.25, 0.3) is 11.0 Å². The molecule has 8 nitrogen and oxygen atoms in total. The predicted molar refractivity (Wildman–Crippen MR) is 162 cm³/mol. The summed E-state index contributed by atoms with van der Waals surface area (Å²) in [6.07, 6.45) is 5.63. The van der Waals surface area contributed by atoms with Crippen molar-refractivity contribution in [2.24, 2.45) is 0 Å². The maximum atomic E-state index is 14.1. The summed E-state index contributed by atoms with van der Waals surface area (Å²) in [6, 6.07) is 11.2. The minimum atomic E-state index is -0.894. The van der Waals surface area contributed by atoms with Crippen molar-refractivity contribution >= 4 is 22.7 Å². The van der Waals surface area contributed by atoms with E-state index in [0.29, 0.717) is 58.0 Å². The van der Waals surface area contributed by atoms with Gasteiger partial charge in [0.2, 0.25) is 0 Å². The Morgan fingerprint density at radius 3 is 2.56 bits per heavy atom. The molecule has 224 valence electrons. The Morgan fingerprint density at radius 1 is 1.02 bits per heavy atom. The van der Waals surface area contributed by atoms with Crippen molar-refractivity contribution in [2.75, 3.05) is 13.7 Å². The maximum absolute atomic E-state index is 14.1. The van der Waals surface area contributed by atoms with Gasteiger partial charge in [-0.1, -0.05) is 17.7 Å². The molecule has 2 heterocycles. The summed E-state index contributed by atoms with van der Waals surface area (Å²) in [4.78, 5) is 41.9. The van der Waals surface area contributed by atoms with Crippen molar-refractivity contribution in [3.8, 4) is 11.5 Å². The van der Waals surface area contributed by atoms with Gasteiger partial charge in [-0.15, -0.1) is 0 Å². The van der Waals surface area contributed by atoms with Crippen molar-refractivity contribution in [1.82, 2.24) is 5.32 Å². The zero-order chi connectivity index (χ0) is 30.2. The summed E-state index contributed by atoms with van der Waals surface area (Å²) in [5, 5.41) is 3.80. The number of hydrogen-bond donors (Lipinski definition) is 1. The van der Waals surface area contributed by atoms with Crippen molar-refractivity contribution in [2.45, 2.75) is 77.2 Å². The van der Waals surface area contributed by atoms with Gasteiger partial charge in [-0.3, -0.25) is 9.59 Å². The molecule has 2 atom stereocenters. The Kier molecular flexibility index (Phi) is 7.86. The molecule has 2 aliphatic carbocycles. The number of Topliss-reactive ketones (excluding diaryl/α,β-unsaturated/α-hetero) is 1. The Morgan fingerprint density at radius 2 is 1.81 bits per heavy atom. The molecule has 1 aliphatic heterocycles. The fourth-order valence-electron chi connectivity index (χ4n) is 6.75. The third kappa shape index (κ3) is 5.35. The number of rotatable bonds is 7. The zero-order valence-electron chi connectivity index (χ0n) is 25.1. The minimum absolute atomic E-state index is 0.126. The first-order valence-electron chi connectivity index (χ1n) is 15.1. The van der Waals surface area contributed by atoms with E-state index >= 15 is 0 Å². The molecule has 0 unspecified atom stereocenters. The molecule has 0 spiro atoms. The number of benzene rings is 2. The van der Waals surface area contributed by atoms with Crippen LogP contribution in [0.1, 0.15) is 80.9 Å². The molecule has 2 aromatic carbocycles. The second-order valence-corrected chi connectivity index (χ2v) is 11.7. The molecular formula is C35H37NO7. The zero-order valence-corrected chi connectivity index (χ0v) is 25.1. The summed E-state index contributed by atoms with van der Waals surface area (Å²) >= 11 is 0. The second kappa shape index (κ2) is 11.7. The van der Waals surface area contributed by atoms with Crippen molar-refractivity contribution < 1.29 is 28.2 Å². The first-order valence-corrected chi connectivity index (χ1v) is 15.1. The van der Waals surface area contributed by atoms with Crippen LogP contribution in [0.3, 0.4) is 0 Å². The van der Waals surface area contributed by atoms with Crippen LogP contribution in [0.5, 0.6) is 11.5 Å². The lowest BCUT2D eigenvalue weighted by Gasteiger charge is -2.36. The molecule has 0 saturated heterocycles. The van der Waals surface area contributed by atoms with Crippen LogP contribution < -0.4 is 20.2 Å². The fraction of sp³-hybridized carbons (Fsp3) is 0.400. The molecule has 3 aromatic rings. The number of hydrogen-bond acceptors (Lipinski definition) is 8. The van der Waals surface area contributed by atoms with Crippen LogP contribution >= 0.6 is 0 Å². The van der Waals surface area contributed by atoms with Crippen LogP contribution in [-0.4, -0.2) is 31.6 Å². The minimum Gasteiger partial charge on any atom is -0.493 e. The molecule has 0 bridgehead atoms. The van der Waals surface area contributed by atoms with E-state index < -0.39 is 11.9 Å². The Balaban J connectivity index is 1.44. The van der Waals surface area contributed by atoms with Crippen molar-refractivity contribution in [3.63, 3.8) is 0 Å². The maximum Gasteiger partial charge on any atom is 0.337 e. The lowest BCUT2D eigenvalue weighted by atomic mass is 9.72. The molecule has 0 amide bonds.